The average molecular weight is 473 g/mol. The Hall–Kier alpha value is -0.193. The molecule has 1 rings (SSSR count). The van der Waals surface area contributed by atoms with Crippen LogP contribution in [0, 0.1) is 5.82 Å². The van der Waals surface area contributed by atoms with E-state index in [1.54, 1.807) is 12.1 Å². The van der Waals surface area contributed by atoms with E-state index in [0.717, 1.165) is 34.4 Å². The number of hydrogen-bond acceptors (Lipinski definition) is 3. The highest BCUT2D eigenvalue weighted by molar-refractivity contribution is 14.1. The van der Waals surface area contributed by atoms with Crippen molar-refractivity contribution in [2.24, 2.45) is 0 Å². The van der Waals surface area contributed by atoms with Crippen molar-refractivity contribution < 1.29 is 17.2 Å². The molecule has 0 fully saturated rings. The molecular weight excluding hydrogens is 448 g/mol. The normalized spacial score (nSPS) is 13.8. The second-order valence-electron chi connectivity index (χ2n) is 5.62. The molecule has 0 aliphatic rings. The minimum atomic E-state index is -3.52. The van der Waals surface area contributed by atoms with Gasteiger partial charge in [-0.15, -0.1) is 0 Å². The van der Waals surface area contributed by atoms with Crippen molar-refractivity contribution >= 4 is 46.6 Å². The van der Waals surface area contributed by atoms with E-state index in [9.17, 15) is 12.8 Å². The van der Waals surface area contributed by atoms with Gasteiger partial charge >= 0.3 is 0 Å². The fourth-order valence-electron chi connectivity index (χ4n) is 2.51. The summed E-state index contributed by atoms with van der Waals surface area (Å²) in [7, 11) is -5.32. The molecule has 0 heterocycles. The number of benzene rings is 1. The van der Waals surface area contributed by atoms with Crippen LogP contribution in [-0.2, 0) is 14.4 Å². The van der Waals surface area contributed by atoms with Crippen LogP contribution < -0.4 is 4.72 Å². The molecule has 0 bridgehead atoms. The maximum Gasteiger partial charge on any atom is 0.229 e. The van der Waals surface area contributed by atoms with E-state index in [1.807, 2.05) is 0 Å². The lowest BCUT2D eigenvalue weighted by Crippen LogP contribution is -2.37. The summed E-state index contributed by atoms with van der Waals surface area (Å²) in [5.74, 6) is -0.587. The van der Waals surface area contributed by atoms with Gasteiger partial charge in [-0.25, -0.2) is 12.8 Å². The Labute approximate surface area is 153 Å². The van der Waals surface area contributed by atoms with Gasteiger partial charge in [0, 0.05) is 4.43 Å². The van der Waals surface area contributed by atoms with Gasteiger partial charge in [0.15, 0.2) is 8.32 Å². The highest BCUT2D eigenvalue weighted by Gasteiger charge is 2.32. The molecule has 0 aromatic heterocycles. The van der Waals surface area contributed by atoms with Crippen molar-refractivity contribution in [3.8, 4) is 0 Å². The van der Waals surface area contributed by atoms with Crippen LogP contribution in [0.3, 0.4) is 0 Å². The molecule has 0 saturated carbocycles. The topological polar surface area (TPSA) is 55.4 Å². The quantitative estimate of drug-likeness (QED) is 0.322. The molecule has 1 atom stereocenters. The Morgan fingerprint density at radius 3 is 2.26 bits per heavy atom. The van der Waals surface area contributed by atoms with Gasteiger partial charge in [0.25, 0.3) is 0 Å². The standard InChI is InChI=1S/C15H25FINO3SSi/c1-5-23(6-2,7-3)21-15(11-17)12-8-9-13(16)14(10-12)18-22(4,19)20/h8-10,15,18H,5-7,11H2,1-4H3/t15-/m1/s1. The first-order chi connectivity index (χ1) is 10.7. The second-order valence-corrected chi connectivity index (χ2v) is 13.0. The van der Waals surface area contributed by atoms with Gasteiger partial charge in [0.1, 0.15) is 5.82 Å². The summed E-state index contributed by atoms with van der Waals surface area (Å²) in [5, 5.41) is 0. The summed E-state index contributed by atoms with van der Waals surface area (Å²) in [5.41, 5.74) is 0.777. The first kappa shape index (κ1) is 20.9. The van der Waals surface area contributed by atoms with Crippen LogP contribution in [0.15, 0.2) is 18.2 Å². The maximum atomic E-state index is 13.8. The summed E-state index contributed by atoms with van der Waals surface area (Å²) >= 11 is 2.26. The lowest BCUT2D eigenvalue weighted by Gasteiger charge is -2.33. The van der Waals surface area contributed by atoms with Crippen LogP contribution in [0.2, 0.25) is 18.1 Å². The molecule has 8 heteroatoms. The van der Waals surface area contributed by atoms with Crippen LogP contribution in [0.4, 0.5) is 10.1 Å². The van der Waals surface area contributed by atoms with Crippen LogP contribution in [0.25, 0.3) is 0 Å². The van der Waals surface area contributed by atoms with Crippen molar-refractivity contribution in [1.29, 1.82) is 0 Å². The Morgan fingerprint density at radius 2 is 1.83 bits per heavy atom. The Balaban J connectivity index is 3.14. The monoisotopic (exact) mass is 473 g/mol. The Morgan fingerprint density at radius 1 is 1.26 bits per heavy atom. The summed E-state index contributed by atoms with van der Waals surface area (Å²) in [6, 6.07) is 7.60. The molecule has 1 aromatic rings. The van der Waals surface area contributed by atoms with Crippen LogP contribution in [0.5, 0.6) is 0 Å². The smallest absolute Gasteiger partial charge is 0.229 e. The number of sulfonamides is 1. The molecule has 0 amide bonds. The first-order valence-corrected chi connectivity index (χ1v) is 13.7. The van der Waals surface area contributed by atoms with Crippen LogP contribution >= 0.6 is 22.6 Å². The number of anilines is 1. The van der Waals surface area contributed by atoms with Gasteiger partial charge in [0.05, 0.1) is 18.0 Å². The Kier molecular flexibility index (Phi) is 7.95. The van der Waals surface area contributed by atoms with E-state index in [2.05, 4.69) is 48.1 Å². The van der Waals surface area contributed by atoms with E-state index in [4.69, 9.17) is 4.43 Å². The number of rotatable bonds is 9. The third-order valence-corrected chi connectivity index (χ3v) is 10.2. The number of halogens is 2. The summed E-state index contributed by atoms with van der Waals surface area (Å²) in [6.07, 6.45) is 0.858. The summed E-state index contributed by atoms with van der Waals surface area (Å²) < 4.78 is 46.0. The Bertz CT molecular complexity index is 615. The first-order valence-electron chi connectivity index (χ1n) is 7.71. The van der Waals surface area contributed by atoms with Gasteiger partial charge in [-0.3, -0.25) is 4.72 Å². The predicted octanol–water partition coefficient (Wildman–Crippen LogP) is 4.70. The SMILES string of the molecule is CC[Si](CC)(CC)O[C@H](CI)c1ccc(F)c(NS(C)(=O)=O)c1. The molecule has 0 aliphatic heterocycles. The highest BCUT2D eigenvalue weighted by Crippen LogP contribution is 2.32. The maximum absolute atomic E-state index is 13.8. The minimum absolute atomic E-state index is 0.0276. The lowest BCUT2D eigenvalue weighted by atomic mass is 10.1. The fourth-order valence-corrected chi connectivity index (χ4v) is 6.92. The molecule has 0 saturated heterocycles. The molecule has 0 aliphatic carbocycles. The van der Waals surface area contributed by atoms with Crippen molar-refractivity contribution in [1.82, 2.24) is 0 Å². The zero-order valence-corrected chi connectivity index (χ0v) is 18.0. The van der Waals surface area contributed by atoms with E-state index >= 15 is 0 Å². The third kappa shape index (κ3) is 5.99. The van der Waals surface area contributed by atoms with E-state index in [-0.39, 0.29) is 11.8 Å². The lowest BCUT2D eigenvalue weighted by molar-refractivity contribution is 0.217. The summed E-state index contributed by atoms with van der Waals surface area (Å²) in [4.78, 5) is 0. The fraction of sp³-hybridized carbons (Fsp3) is 0.600. The van der Waals surface area contributed by atoms with Gasteiger partial charge in [-0.05, 0) is 35.8 Å². The zero-order chi connectivity index (χ0) is 17.7. The van der Waals surface area contributed by atoms with Gasteiger partial charge < -0.3 is 4.43 Å². The number of nitrogens with one attached hydrogen (secondary N) is 1. The average Bonchev–Trinajstić information content (AvgIpc) is 2.50. The van der Waals surface area contributed by atoms with E-state index in [1.165, 1.54) is 6.07 Å². The van der Waals surface area contributed by atoms with Crippen molar-refractivity contribution in [3.05, 3.63) is 29.6 Å². The molecule has 4 nitrogen and oxygen atoms in total. The van der Waals surface area contributed by atoms with Crippen LogP contribution in [0.1, 0.15) is 32.4 Å². The second kappa shape index (κ2) is 8.77. The molecule has 23 heavy (non-hydrogen) atoms. The third-order valence-electron chi connectivity index (χ3n) is 4.12. The van der Waals surface area contributed by atoms with E-state index < -0.39 is 24.2 Å². The number of hydrogen-bond donors (Lipinski definition) is 1. The van der Waals surface area contributed by atoms with Crippen molar-refractivity contribution in [3.63, 3.8) is 0 Å². The molecular formula is C15H25FINO3SSi. The van der Waals surface area contributed by atoms with Crippen LogP contribution in [-0.4, -0.2) is 27.4 Å². The molecule has 1 aromatic carbocycles. The summed E-state index contributed by atoms with van der Waals surface area (Å²) in [6.45, 7) is 6.47. The largest absolute Gasteiger partial charge is 0.409 e. The molecule has 0 unspecified atom stereocenters. The van der Waals surface area contributed by atoms with Gasteiger partial charge in [-0.1, -0.05) is 49.4 Å². The van der Waals surface area contributed by atoms with Crippen molar-refractivity contribution in [2.45, 2.75) is 45.0 Å². The van der Waals surface area contributed by atoms with E-state index in [0.29, 0.717) is 0 Å². The number of alkyl halides is 1. The van der Waals surface area contributed by atoms with Crippen molar-refractivity contribution in [2.75, 3.05) is 15.4 Å². The molecule has 0 spiro atoms. The molecule has 0 radical (unpaired) electrons. The molecule has 132 valence electrons. The highest BCUT2D eigenvalue weighted by atomic mass is 127. The zero-order valence-electron chi connectivity index (χ0n) is 14.0. The van der Waals surface area contributed by atoms with Gasteiger partial charge in [-0.2, -0.15) is 0 Å². The molecule has 1 N–H and O–H groups in total. The predicted molar refractivity (Wildman–Crippen MR) is 105 cm³/mol. The van der Waals surface area contributed by atoms with Gasteiger partial charge in [0.2, 0.25) is 10.0 Å². The minimum Gasteiger partial charge on any atom is -0.409 e.